The van der Waals surface area contributed by atoms with Gasteiger partial charge in [0.05, 0.1) is 6.61 Å². The summed E-state index contributed by atoms with van der Waals surface area (Å²) in [7, 11) is 0. The largest absolute Gasteiger partial charge is 0.494 e. The van der Waals surface area contributed by atoms with Crippen molar-refractivity contribution >= 4 is 56.8 Å². The van der Waals surface area contributed by atoms with Crippen molar-refractivity contribution in [2.24, 2.45) is 0 Å². The molecule has 0 bridgehead atoms. The third-order valence-electron chi connectivity index (χ3n) is 4.99. The fraction of sp³-hybridized carbons (Fsp3) is 0.154. The van der Waals surface area contributed by atoms with Crippen LogP contribution in [0.4, 0.5) is 5.69 Å². The first kappa shape index (κ1) is 24.9. The summed E-state index contributed by atoms with van der Waals surface area (Å²) in [5.74, 6) is 0.0737. The molecule has 0 aliphatic carbocycles. The molecule has 3 rings (SSSR count). The van der Waals surface area contributed by atoms with E-state index in [1.807, 2.05) is 37.3 Å². The number of ether oxygens (including phenoxy) is 1. The molecule has 0 heterocycles. The quantitative estimate of drug-likeness (QED) is 0.246. The molecule has 0 unspecified atom stereocenters. The first-order valence-electron chi connectivity index (χ1n) is 10.2. The highest BCUT2D eigenvalue weighted by Gasteiger charge is 2.16. The molecule has 0 fully saturated rings. The molecule has 33 heavy (non-hydrogen) atoms. The van der Waals surface area contributed by atoms with E-state index in [-0.39, 0.29) is 5.57 Å². The molecular weight excluding hydrogens is 523 g/mol. The number of carbonyl (C=O) groups excluding carboxylic acids is 1. The Bertz CT molecular complexity index is 1270. The summed E-state index contributed by atoms with van der Waals surface area (Å²) in [5, 5.41) is 13.4. The van der Waals surface area contributed by atoms with Gasteiger partial charge in [-0.25, -0.2) is 0 Å². The number of hydrogen-bond acceptors (Lipinski definition) is 3. The Kier molecular flexibility index (Phi) is 8.57. The Labute approximate surface area is 211 Å². The maximum atomic E-state index is 12.7. The zero-order chi connectivity index (χ0) is 24.0. The first-order valence-corrected chi connectivity index (χ1v) is 11.8. The van der Waals surface area contributed by atoms with Crippen LogP contribution in [0.3, 0.4) is 0 Å². The number of benzene rings is 3. The molecule has 0 aliphatic rings. The van der Waals surface area contributed by atoms with E-state index in [9.17, 15) is 10.1 Å². The molecular formula is C26H21BrCl2N2O2. The third kappa shape index (κ3) is 6.17. The smallest absolute Gasteiger partial charge is 0.266 e. The van der Waals surface area contributed by atoms with E-state index >= 15 is 0 Å². The van der Waals surface area contributed by atoms with Crippen LogP contribution in [0, 0.1) is 18.3 Å². The standard InChI is InChI=1S/C26H21BrCl2N2O2/c1-3-33-25-13-17(12-23(29)20(25)14-18-7-4-5-8-21(18)27)11-19(15-30)26(32)31-24-10-6-9-22(28)16(24)2/h4-13H,3,14H2,1-2H3,(H,31,32)/b19-11+. The van der Waals surface area contributed by atoms with Crippen LogP contribution < -0.4 is 10.1 Å². The van der Waals surface area contributed by atoms with Gasteiger partial charge in [0.1, 0.15) is 17.4 Å². The van der Waals surface area contributed by atoms with E-state index in [0.29, 0.717) is 40.1 Å². The molecule has 0 saturated heterocycles. The lowest BCUT2D eigenvalue weighted by Gasteiger charge is -2.15. The summed E-state index contributed by atoms with van der Waals surface area (Å²) in [6.45, 7) is 4.14. The fourth-order valence-corrected chi connectivity index (χ4v) is 4.14. The monoisotopic (exact) mass is 542 g/mol. The van der Waals surface area contributed by atoms with Gasteiger partial charge in [0.25, 0.3) is 5.91 Å². The van der Waals surface area contributed by atoms with Gasteiger partial charge in [-0.2, -0.15) is 5.26 Å². The number of nitriles is 1. The van der Waals surface area contributed by atoms with Gasteiger partial charge in [0.2, 0.25) is 0 Å². The molecule has 0 saturated carbocycles. The van der Waals surface area contributed by atoms with Gasteiger partial charge in [-0.1, -0.05) is 63.4 Å². The summed E-state index contributed by atoms with van der Waals surface area (Å²) >= 11 is 16.3. The van der Waals surface area contributed by atoms with Gasteiger partial charge in [-0.05, 0) is 66.9 Å². The fourth-order valence-electron chi connectivity index (χ4n) is 3.25. The number of amides is 1. The van der Waals surface area contributed by atoms with Gasteiger partial charge in [0, 0.05) is 32.2 Å². The summed E-state index contributed by atoms with van der Waals surface area (Å²) in [4.78, 5) is 12.7. The Hall–Kier alpha value is -2.78. The summed E-state index contributed by atoms with van der Waals surface area (Å²) in [5.41, 5.74) is 3.70. The predicted octanol–water partition coefficient (Wildman–Crippen LogP) is 7.60. The summed E-state index contributed by atoms with van der Waals surface area (Å²) in [6.07, 6.45) is 2.06. The lowest BCUT2D eigenvalue weighted by Crippen LogP contribution is -2.14. The van der Waals surface area contributed by atoms with E-state index in [4.69, 9.17) is 27.9 Å². The van der Waals surface area contributed by atoms with E-state index in [0.717, 1.165) is 21.2 Å². The maximum Gasteiger partial charge on any atom is 0.266 e. The van der Waals surface area contributed by atoms with E-state index < -0.39 is 5.91 Å². The number of nitrogens with one attached hydrogen (secondary N) is 1. The maximum absolute atomic E-state index is 12.7. The topological polar surface area (TPSA) is 62.1 Å². The lowest BCUT2D eigenvalue weighted by molar-refractivity contribution is -0.112. The number of hydrogen-bond donors (Lipinski definition) is 1. The highest BCUT2D eigenvalue weighted by Crippen LogP contribution is 2.33. The van der Waals surface area contributed by atoms with Crippen LogP contribution in [0.25, 0.3) is 6.08 Å². The highest BCUT2D eigenvalue weighted by molar-refractivity contribution is 9.10. The highest BCUT2D eigenvalue weighted by atomic mass is 79.9. The van der Waals surface area contributed by atoms with Crippen molar-refractivity contribution in [1.82, 2.24) is 0 Å². The molecule has 0 spiro atoms. The normalized spacial score (nSPS) is 11.1. The second-order valence-electron chi connectivity index (χ2n) is 7.22. The number of nitrogens with zero attached hydrogens (tertiary/aromatic N) is 1. The van der Waals surface area contributed by atoms with Crippen molar-refractivity contribution in [3.63, 3.8) is 0 Å². The van der Waals surface area contributed by atoms with Crippen LogP contribution in [0.15, 0.2) is 64.6 Å². The molecule has 0 radical (unpaired) electrons. The Balaban J connectivity index is 1.94. The molecule has 7 heteroatoms. The average molecular weight is 544 g/mol. The van der Waals surface area contributed by atoms with Gasteiger partial charge in [-0.15, -0.1) is 0 Å². The van der Waals surface area contributed by atoms with Crippen LogP contribution in [0.1, 0.15) is 29.2 Å². The second kappa shape index (κ2) is 11.4. The molecule has 168 valence electrons. The minimum atomic E-state index is -0.533. The van der Waals surface area contributed by atoms with Crippen molar-refractivity contribution in [2.45, 2.75) is 20.3 Å². The van der Waals surface area contributed by atoms with Crippen molar-refractivity contribution in [3.05, 3.63) is 96.9 Å². The molecule has 0 atom stereocenters. The molecule has 0 aromatic heterocycles. The molecule has 1 N–H and O–H groups in total. The minimum absolute atomic E-state index is 0.0635. The zero-order valence-electron chi connectivity index (χ0n) is 18.1. The molecule has 3 aromatic carbocycles. The number of carbonyl (C=O) groups is 1. The molecule has 4 nitrogen and oxygen atoms in total. The van der Waals surface area contributed by atoms with Gasteiger partial charge in [-0.3, -0.25) is 4.79 Å². The molecule has 1 amide bonds. The second-order valence-corrected chi connectivity index (χ2v) is 8.89. The lowest BCUT2D eigenvalue weighted by atomic mass is 10.0. The van der Waals surface area contributed by atoms with Crippen molar-refractivity contribution in [1.29, 1.82) is 5.26 Å². The van der Waals surface area contributed by atoms with Crippen LogP contribution >= 0.6 is 39.1 Å². The Morgan fingerprint density at radius 3 is 2.61 bits per heavy atom. The predicted molar refractivity (Wildman–Crippen MR) is 138 cm³/mol. The molecule has 0 aliphatic heterocycles. The van der Waals surface area contributed by atoms with E-state index in [1.54, 1.807) is 37.3 Å². The summed E-state index contributed by atoms with van der Waals surface area (Å²) < 4.78 is 6.82. The van der Waals surface area contributed by atoms with E-state index in [2.05, 4.69) is 21.2 Å². The number of rotatable bonds is 7. The van der Waals surface area contributed by atoms with Gasteiger partial charge in [0.15, 0.2) is 0 Å². The van der Waals surface area contributed by atoms with Crippen molar-refractivity contribution in [2.75, 3.05) is 11.9 Å². The van der Waals surface area contributed by atoms with E-state index in [1.165, 1.54) is 6.08 Å². The third-order valence-corrected chi connectivity index (χ3v) is 6.51. The van der Waals surface area contributed by atoms with Crippen LogP contribution in [0.2, 0.25) is 10.0 Å². The van der Waals surface area contributed by atoms with Gasteiger partial charge < -0.3 is 10.1 Å². The average Bonchev–Trinajstić information content (AvgIpc) is 2.79. The zero-order valence-corrected chi connectivity index (χ0v) is 21.2. The minimum Gasteiger partial charge on any atom is -0.494 e. The Morgan fingerprint density at radius 1 is 1.15 bits per heavy atom. The summed E-state index contributed by atoms with van der Waals surface area (Å²) in [6, 6.07) is 18.6. The van der Waals surface area contributed by atoms with Crippen LogP contribution in [-0.4, -0.2) is 12.5 Å². The van der Waals surface area contributed by atoms with Gasteiger partial charge >= 0.3 is 0 Å². The number of halogens is 3. The number of anilines is 1. The Morgan fingerprint density at radius 2 is 1.91 bits per heavy atom. The van der Waals surface area contributed by atoms with Crippen LogP contribution in [-0.2, 0) is 11.2 Å². The van der Waals surface area contributed by atoms with Crippen molar-refractivity contribution in [3.8, 4) is 11.8 Å². The molecule has 3 aromatic rings. The van der Waals surface area contributed by atoms with Crippen LogP contribution in [0.5, 0.6) is 5.75 Å². The first-order chi connectivity index (χ1) is 15.8. The van der Waals surface area contributed by atoms with Crippen molar-refractivity contribution < 1.29 is 9.53 Å². The SMILES string of the molecule is CCOc1cc(/C=C(\C#N)C(=O)Nc2cccc(Cl)c2C)cc(Cl)c1Cc1ccccc1Br.